The lowest BCUT2D eigenvalue weighted by Crippen LogP contribution is -2.32. The van der Waals surface area contributed by atoms with Crippen molar-refractivity contribution in [3.8, 4) is 0 Å². The Balaban J connectivity index is 2.52. The number of carboxylic acids is 1. The summed E-state index contributed by atoms with van der Waals surface area (Å²) < 4.78 is 0. The largest absolute Gasteiger partial charge is 0.478 e. The second-order valence-electron chi connectivity index (χ2n) is 5.41. The fraction of sp³-hybridized carbons (Fsp3) is 0.667. The molecule has 0 radical (unpaired) electrons. The summed E-state index contributed by atoms with van der Waals surface area (Å²) in [6.07, 6.45) is 2.94. The minimum atomic E-state index is -1.01. The highest BCUT2D eigenvalue weighted by molar-refractivity contribution is 6.07. The van der Waals surface area contributed by atoms with Crippen LogP contribution in [0.2, 0.25) is 0 Å². The van der Waals surface area contributed by atoms with Crippen molar-refractivity contribution in [3.63, 3.8) is 0 Å². The minimum Gasteiger partial charge on any atom is -0.478 e. The molecule has 2 atom stereocenters. The Labute approximate surface area is 89.2 Å². The molecule has 2 rings (SSSR count). The minimum absolute atomic E-state index is 0.0474. The van der Waals surface area contributed by atoms with Crippen molar-refractivity contribution in [1.82, 2.24) is 0 Å². The molecule has 0 aromatic heterocycles. The lowest BCUT2D eigenvalue weighted by atomic mass is 9.70. The molecule has 0 aliphatic heterocycles. The lowest BCUT2D eigenvalue weighted by molar-refractivity contribution is -0.132. The van der Waals surface area contributed by atoms with Crippen molar-refractivity contribution in [2.45, 2.75) is 33.6 Å². The maximum atomic E-state index is 12.1. The third-order valence-electron chi connectivity index (χ3n) is 4.64. The fourth-order valence-electron chi connectivity index (χ4n) is 3.23. The van der Waals surface area contributed by atoms with Crippen LogP contribution in [0.4, 0.5) is 0 Å². The number of carboxylic acid groups (broad SMARTS) is 1. The number of carbonyl (C=O) groups excluding carboxylic acids is 1. The van der Waals surface area contributed by atoms with Crippen molar-refractivity contribution >= 4 is 11.8 Å². The maximum absolute atomic E-state index is 12.1. The van der Waals surface area contributed by atoms with Crippen molar-refractivity contribution in [2.75, 3.05) is 0 Å². The van der Waals surface area contributed by atoms with E-state index < -0.39 is 5.97 Å². The summed E-state index contributed by atoms with van der Waals surface area (Å²) in [5, 5.41) is 8.75. The zero-order valence-corrected chi connectivity index (χ0v) is 9.33. The molecule has 0 aromatic carbocycles. The van der Waals surface area contributed by atoms with Gasteiger partial charge in [0, 0.05) is 17.1 Å². The number of fused-ring (bicyclic) bond motifs is 2. The third kappa shape index (κ3) is 1.06. The molecule has 3 nitrogen and oxygen atoms in total. The van der Waals surface area contributed by atoms with Crippen molar-refractivity contribution in [3.05, 3.63) is 11.6 Å². The van der Waals surface area contributed by atoms with E-state index in [9.17, 15) is 9.59 Å². The van der Waals surface area contributed by atoms with Crippen molar-refractivity contribution in [1.29, 1.82) is 0 Å². The molecule has 0 spiro atoms. The lowest BCUT2D eigenvalue weighted by Gasteiger charge is -2.31. The van der Waals surface area contributed by atoms with Gasteiger partial charge in [-0.15, -0.1) is 0 Å². The molecule has 82 valence electrons. The van der Waals surface area contributed by atoms with Gasteiger partial charge >= 0.3 is 5.97 Å². The van der Waals surface area contributed by atoms with Gasteiger partial charge in [-0.3, -0.25) is 4.79 Å². The molecule has 2 aliphatic carbocycles. The highest BCUT2D eigenvalue weighted by atomic mass is 16.4. The summed E-state index contributed by atoms with van der Waals surface area (Å²) in [5.74, 6) is -0.831. The van der Waals surface area contributed by atoms with Crippen molar-refractivity contribution < 1.29 is 14.7 Å². The molecule has 0 aromatic rings. The van der Waals surface area contributed by atoms with Gasteiger partial charge in [-0.2, -0.15) is 0 Å². The van der Waals surface area contributed by atoms with E-state index in [1.165, 1.54) is 0 Å². The Morgan fingerprint density at radius 2 is 2.07 bits per heavy atom. The predicted octanol–water partition coefficient (Wildman–Crippen LogP) is 2.02. The summed E-state index contributed by atoms with van der Waals surface area (Å²) in [6.45, 7) is 6.12. The predicted molar refractivity (Wildman–Crippen MR) is 55.3 cm³/mol. The summed E-state index contributed by atoms with van der Waals surface area (Å²) in [6, 6.07) is 0. The van der Waals surface area contributed by atoms with Gasteiger partial charge in [0.15, 0.2) is 5.78 Å². The quantitative estimate of drug-likeness (QED) is 0.671. The number of aliphatic carboxylic acids is 1. The molecule has 2 aliphatic rings. The van der Waals surface area contributed by atoms with E-state index >= 15 is 0 Å². The summed E-state index contributed by atoms with van der Waals surface area (Å²) in [4.78, 5) is 22.8. The highest BCUT2D eigenvalue weighted by Gasteiger charge is 2.64. The van der Waals surface area contributed by atoms with Crippen LogP contribution in [-0.2, 0) is 9.59 Å². The first-order chi connectivity index (χ1) is 6.80. The molecule has 0 heterocycles. The van der Waals surface area contributed by atoms with E-state index in [0.29, 0.717) is 5.57 Å². The average Bonchev–Trinajstić information content (AvgIpc) is 2.40. The zero-order chi connectivity index (χ0) is 11.4. The third-order valence-corrected chi connectivity index (χ3v) is 4.64. The molecule has 2 bridgehead atoms. The van der Waals surface area contributed by atoms with Gasteiger partial charge in [0.2, 0.25) is 0 Å². The fourth-order valence-corrected chi connectivity index (χ4v) is 3.23. The van der Waals surface area contributed by atoms with Gasteiger partial charge in [0.25, 0.3) is 0 Å². The highest BCUT2D eigenvalue weighted by Crippen LogP contribution is 2.65. The first-order valence-corrected chi connectivity index (χ1v) is 5.30. The van der Waals surface area contributed by atoms with Gasteiger partial charge in [-0.1, -0.05) is 20.8 Å². The van der Waals surface area contributed by atoms with Crippen LogP contribution in [0.5, 0.6) is 0 Å². The van der Waals surface area contributed by atoms with Crippen LogP contribution in [0.25, 0.3) is 0 Å². The topological polar surface area (TPSA) is 54.4 Å². The molecule has 1 N–H and O–H groups in total. The van der Waals surface area contributed by atoms with E-state index in [1.807, 2.05) is 6.92 Å². The second kappa shape index (κ2) is 2.71. The molecule has 15 heavy (non-hydrogen) atoms. The normalized spacial score (nSPS) is 40.1. The van der Waals surface area contributed by atoms with E-state index in [1.54, 1.807) is 0 Å². The Bertz CT molecular complexity index is 378. The first kappa shape index (κ1) is 10.4. The van der Waals surface area contributed by atoms with Crippen LogP contribution in [0.1, 0.15) is 33.6 Å². The number of Topliss-reactive ketones (excluding diaryl/α,β-unsaturated/α-hetero) is 1. The Kier molecular flexibility index (Phi) is 1.88. The standard InChI is InChI=1S/C12H16O3/c1-11(2)8-4-5-12(11,3)10(15)7(8)6-9(13)14/h6,8H,4-5H2,1-3H3,(H,13,14)/b7-6+/t8-,12+/m0/s1. The summed E-state index contributed by atoms with van der Waals surface area (Å²) in [7, 11) is 0. The van der Waals surface area contributed by atoms with Crippen LogP contribution in [0, 0.1) is 16.7 Å². The second-order valence-corrected chi connectivity index (χ2v) is 5.41. The molecule has 0 unspecified atom stereocenters. The monoisotopic (exact) mass is 208 g/mol. The number of hydrogen-bond acceptors (Lipinski definition) is 2. The number of ketones is 1. The molecular formula is C12H16O3. The number of rotatable bonds is 1. The Hall–Kier alpha value is -1.12. The van der Waals surface area contributed by atoms with E-state index in [0.717, 1.165) is 18.9 Å². The van der Waals surface area contributed by atoms with Crippen LogP contribution in [-0.4, -0.2) is 16.9 Å². The summed E-state index contributed by atoms with van der Waals surface area (Å²) in [5.41, 5.74) is 0.0888. The number of hydrogen-bond donors (Lipinski definition) is 1. The zero-order valence-electron chi connectivity index (χ0n) is 9.33. The number of carbonyl (C=O) groups is 2. The van der Waals surface area contributed by atoms with Gasteiger partial charge in [0.1, 0.15) is 0 Å². The van der Waals surface area contributed by atoms with Crippen LogP contribution in [0.15, 0.2) is 11.6 Å². The summed E-state index contributed by atoms with van der Waals surface area (Å²) >= 11 is 0. The maximum Gasteiger partial charge on any atom is 0.328 e. The van der Waals surface area contributed by atoms with Gasteiger partial charge in [-0.25, -0.2) is 4.79 Å². The van der Waals surface area contributed by atoms with Crippen LogP contribution < -0.4 is 0 Å². The molecule has 2 saturated carbocycles. The van der Waals surface area contributed by atoms with Gasteiger partial charge in [0.05, 0.1) is 0 Å². The Morgan fingerprint density at radius 1 is 1.47 bits per heavy atom. The molecular weight excluding hydrogens is 192 g/mol. The van der Waals surface area contributed by atoms with Crippen LogP contribution in [0.3, 0.4) is 0 Å². The Morgan fingerprint density at radius 3 is 2.47 bits per heavy atom. The van der Waals surface area contributed by atoms with E-state index in [-0.39, 0.29) is 22.5 Å². The first-order valence-electron chi connectivity index (χ1n) is 5.30. The van der Waals surface area contributed by atoms with E-state index in [4.69, 9.17) is 5.11 Å². The van der Waals surface area contributed by atoms with Crippen molar-refractivity contribution in [2.24, 2.45) is 16.7 Å². The smallest absolute Gasteiger partial charge is 0.328 e. The van der Waals surface area contributed by atoms with Gasteiger partial charge in [-0.05, 0) is 24.2 Å². The van der Waals surface area contributed by atoms with Crippen LogP contribution >= 0.6 is 0 Å². The molecule has 3 heteroatoms. The molecule has 0 amide bonds. The van der Waals surface area contributed by atoms with E-state index in [2.05, 4.69) is 13.8 Å². The molecule has 2 fully saturated rings. The SMILES string of the molecule is CC1(C)[C@H]2CC[C@]1(C)C(=O)/C2=C/C(=O)O. The molecule has 0 saturated heterocycles. The van der Waals surface area contributed by atoms with Gasteiger partial charge < -0.3 is 5.11 Å². The number of allylic oxidation sites excluding steroid dienone is 1. The average molecular weight is 208 g/mol.